The molecular formula is C16H19ClN2O2. The Hall–Kier alpha value is -1.78. The number of halogens is 1. The largest absolute Gasteiger partial charge is 0.493 e. The predicted molar refractivity (Wildman–Crippen MR) is 84.0 cm³/mol. The van der Waals surface area contributed by atoms with E-state index < -0.39 is 0 Å². The van der Waals surface area contributed by atoms with E-state index in [1.165, 1.54) is 0 Å². The van der Waals surface area contributed by atoms with E-state index in [1.807, 2.05) is 24.3 Å². The van der Waals surface area contributed by atoms with Crippen LogP contribution >= 0.6 is 11.6 Å². The van der Waals surface area contributed by atoms with E-state index in [0.717, 1.165) is 30.0 Å². The average molecular weight is 307 g/mol. The summed E-state index contributed by atoms with van der Waals surface area (Å²) < 4.78 is 11.2. The summed E-state index contributed by atoms with van der Waals surface area (Å²) in [5.41, 5.74) is 2.05. The van der Waals surface area contributed by atoms with Gasteiger partial charge in [0.15, 0.2) is 11.5 Å². The van der Waals surface area contributed by atoms with Crippen LogP contribution in [0.3, 0.4) is 0 Å². The molecule has 0 aliphatic heterocycles. The summed E-state index contributed by atoms with van der Waals surface area (Å²) in [5, 5.41) is 3.88. The first-order valence-electron chi connectivity index (χ1n) is 6.83. The molecule has 112 valence electrons. The van der Waals surface area contributed by atoms with Crippen LogP contribution < -0.4 is 14.8 Å². The lowest BCUT2D eigenvalue weighted by Crippen LogP contribution is -2.11. The van der Waals surface area contributed by atoms with E-state index in [4.69, 9.17) is 21.1 Å². The van der Waals surface area contributed by atoms with E-state index in [-0.39, 0.29) is 0 Å². The average Bonchev–Trinajstić information content (AvgIpc) is 2.52. The number of methoxy groups -OCH3 is 1. The van der Waals surface area contributed by atoms with E-state index in [2.05, 4.69) is 17.2 Å². The van der Waals surface area contributed by atoms with Gasteiger partial charge >= 0.3 is 0 Å². The fourth-order valence-corrected chi connectivity index (χ4v) is 2.06. The summed E-state index contributed by atoms with van der Waals surface area (Å²) in [6, 6.07) is 7.76. The van der Waals surface area contributed by atoms with Crippen LogP contribution in [0.5, 0.6) is 11.5 Å². The molecule has 0 aliphatic rings. The van der Waals surface area contributed by atoms with Gasteiger partial charge in [0.1, 0.15) is 6.61 Å². The fraction of sp³-hybridized carbons (Fsp3) is 0.312. The van der Waals surface area contributed by atoms with Crippen LogP contribution in [-0.4, -0.2) is 18.6 Å². The lowest BCUT2D eigenvalue weighted by Gasteiger charge is -2.13. The highest BCUT2D eigenvalue weighted by Crippen LogP contribution is 2.29. The van der Waals surface area contributed by atoms with Gasteiger partial charge in [-0.25, -0.2) is 0 Å². The first kappa shape index (κ1) is 15.6. The molecule has 0 unspecified atom stereocenters. The van der Waals surface area contributed by atoms with Crippen molar-refractivity contribution in [3.05, 3.63) is 52.8 Å². The molecule has 1 aromatic heterocycles. The van der Waals surface area contributed by atoms with E-state index in [0.29, 0.717) is 17.4 Å². The second kappa shape index (κ2) is 7.86. The summed E-state index contributed by atoms with van der Waals surface area (Å²) in [5.74, 6) is 1.42. The van der Waals surface area contributed by atoms with Gasteiger partial charge in [0.25, 0.3) is 0 Å². The molecule has 4 nitrogen and oxygen atoms in total. The Labute approximate surface area is 130 Å². The molecule has 0 radical (unpaired) electrons. The topological polar surface area (TPSA) is 43.4 Å². The molecule has 2 aromatic rings. The molecule has 5 heteroatoms. The quantitative estimate of drug-likeness (QED) is 0.851. The van der Waals surface area contributed by atoms with Crippen LogP contribution in [0.15, 0.2) is 36.7 Å². The van der Waals surface area contributed by atoms with Crippen LogP contribution in [0.4, 0.5) is 0 Å². The van der Waals surface area contributed by atoms with Gasteiger partial charge in [0, 0.05) is 24.5 Å². The molecule has 21 heavy (non-hydrogen) atoms. The van der Waals surface area contributed by atoms with Crippen molar-refractivity contribution in [1.82, 2.24) is 10.3 Å². The van der Waals surface area contributed by atoms with Crippen molar-refractivity contribution in [1.29, 1.82) is 0 Å². The summed E-state index contributed by atoms with van der Waals surface area (Å²) in [6.07, 6.45) is 3.30. The number of hydrogen-bond donors (Lipinski definition) is 1. The van der Waals surface area contributed by atoms with Gasteiger partial charge < -0.3 is 14.8 Å². The van der Waals surface area contributed by atoms with Gasteiger partial charge in [0.2, 0.25) is 0 Å². The van der Waals surface area contributed by atoms with Gasteiger partial charge in [-0.05, 0) is 30.3 Å². The highest BCUT2D eigenvalue weighted by Gasteiger charge is 2.07. The molecule has 2 rings (SSSR count). The van der Waals surface area contributed by atoms with Gasteiger partial charge in [-0.2, -0.15) is 0 Å². The number of nitrogens with one attached hydrogen (secondary N) is 1. The predicted octanol–water partition coefficient (Wildman–Crippen LogP) is 3.43. The molecular weight excluding hydrogens is 288 g/mol. The molecule has 0 saturated carbocycles. The van der Waals surface area contributed by atoms with Crippen molar-refractivity contribution in [2.45, 2.75) is 20.1 Å². The van der Waals surface area contributed by atoms with Crippen LogP contribution in [0.1, 0.15) is 18.1 Å². The minimum atomic E-state index is 0.379. The summed E-state index contributed by atoms with van der Waals surface area (Å²) in [4.78, 5) is 3.95. The summed E-state index contributed by atoms with van der Waals surface area (Å²) >= 11 is 6.06. The number of benzene rings is 1. The maximum atomic E-state index is 6.06. The summed E-state index contributed by atoms with van der Waals surface area (Å²) in [7, 11) is 1.64. The molecule has 0 bridgehead atoms. The van der Waals surface area contributed by atoms with Gasteiger partial charge in [-0.1, -0.05) is 24.6 Å². The van der Waals surface area contributed by atoms with Crippen molar-refractivity contribution in [2.24, 2.45) is 0 Å². The second-order valence-corrected chi connectivity index (χ2v) is 4.93. The van der Waals surface area contributed by atoms with E-state index >= 15 is 0 Å². The Balaban J connectivity index is 2.07. The molecule has 0 fully saturated rings. The Morgan fingerprint density at radius 2 is 2.10 bits per heavy atom. The van der Waals surface area contributed by atoms with Crippen LogP contribution in [0, 0.1) is 0 Å². The molecule has 0 saturated heterocycles. The number of pyridine rings is 1. The van der Waals surface area contributed by atoms with Crippen molar-refractivity contribution < 1.29 is 9.47 Å². The molecule has 1 N–H and O–H groups in total. The number of hydrogen-bond acceptors (Lipinski definition) is 4. The zero-order valence-corrected chi connectivity index (χ0v) is 13.0. The Kier molecular flexibility index (Phi) is 5.84. The SMILES string of the molecule is CCNCc1ccc(OCc2ccncc2Cl)c(OC)c1. The Morgan fingerprint density at radius 3 is 2.81 bits per heavy atom. The van der Waals surface area contributed by atoms with Crippen LogP contribution in [0.2, 0.25) is 5.02 Å². The third-order valence-corrected chi connectivity index (χ3v) is 3.39. The van der Waals surface area contributed by atoms with Gasteiger partial charge in [0.05, 0.1) is 12.1 Å². The van der Waals surface area contributed by atoms with Crippen molar-refractivity contribution in [2.75, 3.05) is 13.7 Å². The first-order valence-corrected chi connectivity index (χ1v) is 7.21. The first-order chi connectivity index (χ1) is 10.2. The normalized spacial score (nSPS) is 10.4. The Morgan fingerprint density at radius 1 is 1.24 bits per heavy atom. The van der Waals surface area contributed by atoms with Crippen molar-refractivity contribution >= 4 is 11.6 Å². The third kappa shape index (κ3) is 4.34. The number of rotatable bonds is 7. The molecule has 0 spiro atoms. The number of nitrogens with zero attached hydrogens (tertiary/aromatic N) is 1. The van der Waals surface area contributed by atoms with E-state index in [1.54, 1.807) is 19.5 Å². The highest BCUT2D eigenvalue weighted by molar-refractivity contribution is 6.31. The van der Waals surface area contributed by atoms with Gasteiger partial charge in [-0.3, -0.25) is 4.98 Å². The van der Waals surface area contributed by atoms with Crippen molar-refractivity contribution in [3.8, 4) is 11.5 Å². The highest BCUT2D eigenvalue weighted by atomic mass is 35.5. The Bertz CT molecular complexity index is 590. The van der Waals surface area contributed by atoms with Crippen LogP contribution in [-0.2, 0) is 13.2 Å². The zero-order valence-electron chi connectivity index (χ0n) is 12.2. The fourth-order valence-electron chi connectivity index (χ4n) is 1.89. The molecule has 0 atom stereocenters. The lowest BCUT2D eigenvalue weighted by atomic mass is 10.2. The standard InChI is InChI=1S/C16H19ClN2O2/c1-3-18-9-12-4-5-15(16(8-12)20-2)21-11-13-6-7-19-10-14(13)17/h4-8,10,18H,3,9,11H2,1-2H3. The molecule has 1 heterocycles. The van der Waals surface area contributed by atoms with Crippen molar-refractivity contribution in [3.63, 3.8) is 0 Å². The monoisotopic (exact) mass is 306 g/mol. The maximum Gasteiger partial charge on any atom is 0.161 e. The summed E-state index contributed by atoms with van der Waals surface area (Å²) in [6.45, 7) is 4.20. The zero-order chi connectivity index (χ0) is 15.1. The van der Waals surface area contributed by atoms with Gasteiger partial charge in [-0.15, -0.1) is 0 Å². The smallest absolute Gasteiger partial charge is 0.161 e. The molecule has 0 amide bonds. The lowest BCUT2D eigenvalue weighted by molar-refractivity contribution is 0.284. The second-order valence-electron chi connectivity index (χ2n) is 4.52. The minimum absolute atomic E-state index is 0.379. The number of ether oxygens (including phenoxy) is 2. The molecule has 0 aliphatic carbocycles. The number of aromatic nitrogens is 1. The third-order valence-electron chi connectivity index (χ3n) is 3.05. The maximum absolute atomic E-state index is 6.06. The van der Waals surface area contributed by atoms with Crippen LogP contribution in [0.25, 0.3) is 0 Å². The van der Waals surface area contributed by atoms with E-state index in [9.17, 15) is 0 Å². The molecule has 1 aromatic carbocycles. The minimum Gasteiger partial charge on any atom is -0.493 e.